The zero-order chi connectivity index (χ0) is 20.1. The number of imidazole rings is 1. The number of esters is 1. The fourth-order valence-corrected chi connectivity index (χ4v) is 3.07. The Labute approximate surface area is 162 Å². The van der Waals surface area contributed by atoms with Crippen LogP contribution >= 0.6 is 0 Å². The van der Waals surface area contributed by atoms with Crippen LogP contribution in [0.3, 0.4) is 0 Å². The number of aromatic nitrogens is 2. The second kappa shape index (κ2) is 8.56. The average molecular weight is 382 g/mol. The number of carbonyl (C=O) groups excluding carboxylic acids is 2. The van der Waals surface area contributed by atoms with Crippen LogP contribution in [0.25, 0.3) is 11.0 Å². The predicted octanol–water partition coefficient (Wildman–Crippen LogP) is 2.65. The molecule has 0 atom stereocenters. The zero-order valence-electron chi connectivity index (χ0n) is 15.9. The number of hydrogen-bond donors (Lipinski definition) is 0. The number of carbonyl (C=O) groups is 2. The van der Waals surface area contributed by atoms with Crippen LogP contribution in [0.1, 0.15) is 23.7 Å². The van der Waals surface area contributed by atoms with Crippen molar-refractivity contribution in [3.63, 3.8) is 0 Å². The number of fused-ring (bicyclic) bond motifs is 1. The molecule has 0 saturated heterocycles. The lowest BCUT2D eigenvalue weighted by Crippen LogP contribution is -2.28. The van der Waals surface area contributed by atoms with E-state index in [0.717, 1.165) is 11.9 Å². The van der Waals surface area contributed by atoms with Crippen LogP contribution < -0.4 is 10.4 Å². The zero-order valence-corrected chi connectivity index (χ0v) is 15.9. The Balaban J connectivity index is 1.72. The molecular formula is C21H22N2O5. The van der Waals surface area contributed by atoms with Crippen LogP contribution in [0.4, 0.5) is 0 Å². The standard InChI is InChI=1S/C21H22N2O5/c1-3-11-22-17-9-4-5-10-18(17)23(21(22)26)13-20(25)28-14-19(24)15-7-6-8-16(12-15)27-2/h4-10,12H,3,11,13-14H2,1-2H3. The minimum atomic E-state index is -0.641. The number of Topliss-reactive ketones (excluding diaryl/α,β-unsaturated/α-hetero) is 1. The Hall–Kier alpha value is -3.35. The highest BCUT2D eigenvalue weighted by Gasteiger charge is 2.17. The Bertz CT molecular complexity index is 1060. The smallest absolute Gasteiger partial charge is 0.329 e. The minimum absolute atomic E-state index is 0.249. The molecule has 3 aromatic rings. The highest BCUT2D eigenvalue weighted by atomic mass is 16.5. The van der Waals surface area contributed by atoms with Crippen molar-refractivity contribution in [1.82, 2.24) is 9.13 Å². The molecule has 0 spiro atoms. The van der Waals surface area contributed by atoms with Gasteiger partial charge in [-0.05, 0) is 30.7 Å². The quantitative estimate of drug-likeness (QED) is 0.442. The van der Waals surface area contributed by atoms with Crippen molar-refractivity contribution in [3.05, 3.63) is 64.6 Å². The van der Waals surface area contributed by atoms with E-state index in [2.05, 4.69) is 0 Å². The monoisotopic (exact) mass is 382 g/mol. The topological polar surface area (TPSA) is 79.5 Å². The third kappa shape index (κ3) is 3.98. The first-order valence-corrected chi connectivity index (χ1v) is 9.06. The molecule has 1 heterocycles. The first-order valence-electron chi connectivity index (χ1n) is 9.06. The van der Waals surface area contributed by atoms with Crippen LogP contribution in [0.2, 0.25) is 0 Å². The number of para-hydroxylation sites is 2. The van der Waals surface area contributed by atoms with Gasteiger partial charge in [0.1, 0.15) is 12.3 Å². The van der Waals surface area contributed by atoms with E-state index in [1.165, 1.54) is 11.7 Å². The van der Waals surface area contributed by atoms with E-state index in [4.69, 9.17) is 9.47 Å². The Morgan fingerprint density at radius 1 is 1.00 bits per heavy atom. The first-order chi connectivity index (χ1) is 13.5. The maximum Gasteiger partial charge on any atom is 0.329 e. The number of methoxy groups -OCH3 is 1. The van der Waals surface area contributed by atoms with Crippen LogP contribution in [0, 0.1) is 0 Å². The summed E-state index contributed by atoms with van der Waals surface area (Å²) in [6.07, 6.45) is 0.799. The van der Waals surface area contributed by atoms with Gasteiger partial charge in [0.15, 0.2) is 12.4 Å². The number of hydrogen-bond acceptors (Lipinski definition) is 5. The van der Waals surface area contributed by atoms with Crippen molar-refractivity contribution < 1.29 is 19.1 Å². The molecule has 3 rings (SSSR count). The van der Waals surface area contributed by atoms with Crippen molar-refractivity contribution in [1.29, 1.82) is 0 Å². The van der Waals surface area contributed by atoms with E-state index in [0.29, 0.717) is 23.4 Å². The summed E-state index contributed by atoms with van der Waals surface area (Å²) in [7, 11) is 1.51. The van der Waals surface area contributed by atoms with Crippen molar-refractivity contribution in [2.45, 2.75) is 26.4 Å². The highest BCUT2D eigenvalue weighted by molar-refractivity contribution is 5.98. The Kier molecular flexibility index (Phi) is 5.93. The summed E-state index contributed by atoms with van der Waals surface area (Å²) in [6, 6.07) is 13.9. The summed E-state index contributed by atoms with van der Waals surface area (Å²) in [4.78, 5) is 37.2. The second-order valence-electron chi connectivity index (χ2n) is 6.32. The van der Waals surface area contributed by atoms with Crippen LogP contribution in [-0.2, 0) is 22.6 Å². The molecule has 7 nitrogen and oxygen atoms in total. The van der Waals surface area contributed by atoms with Crippen molar-refractivity contribution in [2.24, 2.45) is 0 Å². The number of benzene rings is 2. The number of nitrogens with zero attached hydrogens (tertiary/aromatic N) is 2. The van der Waals surface area contributed by atoms with Crippen LogP contribution in [-0.4, -0.2) is 34.6 Å². The highest BCUT2D eigenvalue weighted by Crippen LogP contribution is 2.14. The van der Waals surface area contributed by atoms with Gasteiger partial charge in [-0.2, -0.15) is 0 Å². The van der Waals surface area contributed by atoms with E-state index in [-0.39, 0.29) is 18.0 Å². The summed E-state index contributed by atoms with van der Waals surface area (Å²) < 4.78 is 13.2. The molecule has 0 fully saturated rings. The van der Waals surface area contributed by atoms with Gasteiger partial charge in [0.05, 0.1) is 18.1 Å². The maximum atomic E-state index is 12.7. The van der Waals surface area contributed by atoms with E-state index in [9.17, 15) is 14.4 Å². The van der Waals surface area contributed by atoms with Gasteiger partial charge in [0, 0.05) is 12.1 Å². The number of aryl methyl sites for hydroxylation is 1. The second-order valence-corrected chi connectivity index (χ2v) is 6.32. The van der Waals surface area contributed by atoms with Crippen molar-refractivity contribution >= 4 is 22.8 Å². The molecular weight excluding hydrogens is 360 g/mol. The number of rotatable bonds is 8. The Morgan fingerprint density at radius 3 is 2.39 bits per heavy atom. The Morgan fingerprint density at radius 2 is 1.71 bits per heavy atom. The van der Waals surface area contributed by atoms with Crippen LogP contribution in [0.5, 0.6) is 5.75 Å². The molecule has 28 heavy (non-hydrogen) atoms. The number of ether oxygens (including phenoxy) is 2. The lowest BCUT2D eigenvalue weighted by molar-refractivity contribution is -0.143. The largest absolute Gasteiger partial charge is 0.497 e. The van der Waals surface area contributed by atoms with Gasteiger partial charge in [0.25, 0.3) is 0 Å². The fourth-order valence-electron chi connectivity index (χ4n) is 3.07. The molecule has 1 aromatic heterocycles. The van der Waals surface area contributed by atoms with E-state index >= 15 is 0 Å². The van der Waals surface area contributed by atoms with Gasteiger partial charge in [-0.1, -0.05) is 31.2 Å². The molecule has 0 aliphatic heterocycles. The molecule has 0 saturated carbocycles. The lowest BCUT2D eigenvalue weighted by atomic mass is 10.1. The third-order valence-corrected chi connectivity index (χ3v) is 4.42. The average Bonchev–Trinajstić information content (AvgIpc) is 2.98. The van der Waals surface area contributed by atoms with Gasteiger partial charge in [-0.25, -0.2) is 4.79 Å². The molecule has 0 radical (unpaired) electrons. The first kappa shape index (κ1) is 19.4. The van der Waals surface area contributed by atoms with Gasteiger partial charge in [-0.3, -0.25) is 18.7 Å². The summed E-state index contributed by atoms with van der Waals surface area (Å²) >= 11 is 0. The third-order valence-electron chi connectivity index (χ3n) is 4.42. The molecule has 7 heteroatoms. The molecule has 0 bridgehead atoms. The van der Waals surface area contributed by atoms with Gasteiger partial charge in [-0.15, -0.1) is 0 Å². The molecule has 0 amide bonds. The summed E-state index contributed by atoms with van der Waals surface area (Å²) in [6.45, 7) is 1.91. The molecule has 146 valence electrons. The lowest BCUT2D eigenvalue weighted by Gasteiger charge is -2.06. The molecule has 2 aromatic carbocycles. The predicted molar refractivity (Wildman–Crippen MR) is 105 cm³/mol. The number of ketones is 1. The fraction of sp³-hybridized carbons (Fsp3) is 0.286. The van der Waals surface area contributed by atoms with E-state index in [1.54, 1.807) is 34.9 Å². The van der Waals surface area contributed by atoms with Crippen molar-refractivity contribution in [2.75, 3.05) is 13.7 Å². The molecule has 0 aliphatic carbocycles. The molecule has 0 N–H and O–H groups in total. The van der Waals surface area contributed by atoms with E-state index in [1.807, 2.05) is 25.1 Å². The van der Waals surface area contributed by atoms with Crippen LogP contribution in [0.15, 0.2) is 53.3 Å². The maximum absolute atomic E-state index is 12.7. The van der Waals surface area contributed by atoms with Crippen molar-refractivity contribution in [3.8, 4) is 5.75 Å². The summed E-state index contributed by atoms with van der Waals surface area (Å²) in [5.41, 5.74) is 1.56. The summed E-state index contributed by atoms with van der Waals surface area (Å²) in [5.74, 6) is -0.432. The van der Waals surface area contributed by atoms with Gasteiger partial charge in [0.2, 0.25) is 0 Å². The SMILES string of the molecule is CCCn1c(=O)n(CC(=O)OCC(=O)c2cccc(OC)c2)c2ccccc21. The van der Waals surface area contributed by atoms with Gasteiger partial charge >= 0.3 is 11.7 Å². The molecule has 0 unspecified atom stereocenters. The van der Waals surface area contributed by atoms with E-state index < -0.39 is 12.6 Å². The molecule has 0 aliphatic rings. The minimum Gasteiger partial charge on any atom is -0.497 e. The summed E-state index contributed by atoms with van der Waals surface area (Å²) in [5, 5.41) is 0. The van der Waals surface area contributed by atoms with Gasteiger partial charge < -0.3 is 9.47 Å². The normalized spacial score (nSPS) is 10.8.